The lowest BCUT2D eigenvalue weighted by Crippen LogP contribution is -2.02. The van der Waals surface area contributed by atoms with Crippen molar-refractivity contribution in [2.24, 2.45) is 0 Å². The van der Waals surface area contributed by atoms with Crippen LogP contribution >= 0.6 is 0 Å². The lowest BCUT2D eigenvalue weighted by molar-refractivity contribution is -0.384. The highest BCUT2D eigenvalue weighted by Crippen LogP contribution is 2.28. The molecule has 122 valence electrons. The van der Waals surface area contributed by atoms with Crippen molar-refractivity contribution in [3.8, 4) is 5.75 Å². The molecular formula is C17H16N4O3. The zero-order valence-electron chi connectivity index (χ0n) is 12.8. The third-order valence-electron chi connectivity index (χ3n) is 3.54. The van der Waals surface area contributed by atoms with Gasteiger partial charge in [-0.3, -0.25) is 14.8 Å². The minimum absolute atomic E-state index is 0.136. The van der Waals surface area contributed by atoms with E-state index in [0.717, 1.165) is 17.2 Å². The van der Waals surface area contributed by atoms with Crippen LogP contribution < -0.4 is 5.32 Å². The van der Waals surface area contributed by atoms with E-state index in [2.05, 4.69) is 10.4 Å². The molecule has 0 atom stereocenters. The van der Waals surface area contributed by atoms with Crippen LogP contribution in [-0.2, 0) is 13.1 Å². The number of aromatic nitrogens is 2. The Morgan fingerprint density at radius 3 is 2.71 bits per heavy atom. The average molecular weight is 324 g/mol. The van der Waals surface area contributed by atoms with Gasteiger partial charge < -0.3 is 10.4 Å². The van der Waals surface area contributed by atoms with Crippen LogP contribution in [0.25, 0.3) is 0 Å². The molecule has 0 fully saturated rings. The quantitative estimate of drug-likeness (QED) is 0.413. The van der Waals surface area contributed by atoms with Crippen molar-refractivity contribution < 1.29 is 10.0 Å². The average Bonchev–Trinajstić information content (AvgIpc) is 3.02. The van der Waals surface area contributed by atoms with E-state index in [1.54, 1.807) is 6.20 Å². The standard InChI is InChI=1S/C17H16N4O3/c22-15-6-7-16(17(8-15)21(23)24)18-9-14-10-19-20(12-14)11-13-4-2-1-3-5-13/h1-8,10,12,18,22H,9,11H2. The minimum Gasteiger partial charge on any atom is -0.508 e. The Morgan fingerprint density at radius 2 is 1.96 bits per heavy atom. The van der Waals surface area contributed by atoms with Crippen LogP contribution in [0.1, 0.15) is 11.1 Å². The molecule has 0 radical (unpaired) electrons. The third-order valence-corrected chi connectivity index (χ3v) is 3.54. The van der Waals surface area contributed by atoms with Gasteiger partial charge in [0.1, 0.15) is 11.4 Å². The molecule has 0 amide bonds. The summed E-state index contributed by atoms with van der Waals surface area (Å²) in [5.74, 6) is -0.136. The van der Waals surface area contributed by atoms with E-state index >= 15 is 0 Å². The van der Waals surface area contributed by atoms with E-state index in [1.807, 2.05) is 41.2 Å². The molecule has 0 aliphatic carbocycles. The molecule has 0 saturated carbocycles. The summed E-state index contributed by atoms with van der Waals surface area (Å²) in [4.78, 5) is 10.5. The first-order valence-electron chi connectivity index (χ1n) is 7.38. The van der Waals surface area contributed by atoms with Crippen molar-refractivity contribution >= 4 is 11.4 Å². The normalized spacial score (nSPS) is 10.5. The topological polar surface area (TPSA) is 93.2 Å². The lowest BCUT2D eigenvalue weighted by Gasteiger charge is -2.06. The van der Waals surface area contributed by atoms with Gasteiger partial charge in [0.25, 0.3) is 5.69 Å². The molecule has 2 N–H and O–H groups in total. The van der Waals surface area contributed by atoms with Crippen molar-refractivity contribution in [1.82, 2.24) is 9.78 Å². The fraction of sp³-hybridized carbons (Fsp3) is 0.118. The number of nitrogens with zero attached hydrogens (tertiary/aromatic N) is 3. The molecule has 7 nitrogen and oxygen atoms in total. The number of hydrogen-bond acceptors (Lipinski definition) is 5. The Labute approximate surface area is 138 Å². The molecule has 0 aliphatic heterocycles. The summed E-state index contributed by atoms with van der Waals surface area (Å²) in [6.45, 7) is 1.07. The fourth-order valence-corrected chi connectivity index (χ4v) is 2.37. The second kappa shape index (κ2) is 6.82. The van der Waals surface area contributed by atoms with Gasteiger partial charge in [0.05, 0.1) is 23.7 Å². The van der Waals surface area contributed by atoms with E-state index < -0.39 is 4.92 Å². The van der Waals surface area contributed by atoms with E-state index in [0.29, 0.717) is 18.8 Å². The van der Waals surface area contributed by atoms with Gasteiger partial charge in [-0.25, -0.2) is 0 Å². The number of nitro groups is 1. The minimum atomic E-state index is -0.527. The van der Waals surface area contributed by atoms with Crippen molar-refractivity contribution in [2.45, 2.75) is 13.1 Å². The van der Waals surface area contributed by atoms with Gasteiger partial charge in [-0.15, -0.1) is 0 Å². The Morgan fingerprint density at radius 1 is 1.17 bits per heavy atom. The summed E-state index contributed by atoms with van der Waals surface area (Å²) in [6, 6.07) is 14.0. The summed E-state index contributed by atoms with van der Waals surface area (Å²) in [5, 5.41) is 27.7. The predicted octanol–water partition coefficient (Wildman–Crippen LogP) is 3.16. The van der Waals surface area contributed by atoms with Crippen LogP contribution in [0.2, 0.25) is 0 Å². The number of rotatable bonds is 6. The van der Waals surface area contributed by atoms with E-state index in [1.165, 1.54) is 12.1 Å². The summed E-state index contributed by atoms with van der Waals surface area (Å²) in [6.07, 6.45) is 3.62. The summed E-state index contributed by atoms with van der Waals surface area (Å²) in [5.41, 5.74) is 2.25. The fourth-order valence-electron chi connectivity index (χ4n) is 2.37. The van der Waals surface area contributed by atoms with Gasteiger partial charge >= 0.3 is 0 Å². The molecule has 3 rings (SSSR count). The van der Waals surface area contributed by atoms with Gasteiger partial charge in [-0.05, 0) is 17.7 Å². The van der Waals surface area contributed by atoms with Gasteiger partial charge in [-0.1, -0.05) is 30.3 Å². The number of aromatic hydroxyl groups is 1. The summed E-state index contributed by atoms with van der Waals surface area (Å²) >= 11 is 0. The van der Waals surface area contributed by atoms with Crippen molar-refractivity contribution in [1.29, 1.82) is 0 Å². The highest BCUT2D eigenvalue weighted by molar-refractivity contribution is 5.63. The first-order valence-corrected chi connectivity index (χ1v) is 7.38. The zero-order valence-corrected chi connectivity index (χ0v) is 12.8. The molecule has 0 bridgehead atoms. The van der Waals surface area contributed by atoms with Crippen molar-refractivity contribution in [3.05, 3.63) is 82.2 Å². The Hall–Kier alpha value is -3.35. The first kappa shape index (κ1) is 15.5. The van der Waals surface area contributed by atoms with Crippen LogP contribution in [-0.4, -0.2) is 19.8 Å². The molecule has 2 aromatic carbocycles. The highest BCUT2D eigenvalue weighted by atomic mass is 16.6. The molecule has 3 aromatic rings. The van der Waals surface area contributed by atoms with Gasteiger partial charge in [0.2, 0.25) is 0 Å². The predicted molar refractivity (Wildman–Crippen MR) is 89.9 cm³/mol. The van der Waals surface area contributed by atoms with Gasteiger partial charge in [0.15, 0.2) is 0 Å². The number of phenols is 1. The Balaban J connectivity index is 1.67. The zero-order chi connectivity index (χ0) is 16.9. The molecule has 1 aromatic heterocycles. The number of phenolic OH excluding ortho intramolecular Hbond substituents is 1. The molecule has 0 unspecified atom stereocenters. The second-order valence-corrected chi connectivity index (χ2v) is 5.34. The molecule has 24 heavy (non-hydrogen) atoms. The largest absolute Gasteiger partial charge is 0.508 e. The lowest BCUT2D eigenvalue weighted by atomic mass is 10.2. The molecule has 0 spiro atoms. The number of nitrogens with one attached hydrogen (secondary N) is 1. The second-order valence-electron chi connectivity index (χ2n) is 5.34. The summed E-state index contributed by atoms with van der Waals surface area (Å²) < 4.78 is 1.82. The molecule has 7 heteroatoms. The van der Waals surface area contributed by atoms with E-state index in [9.17, 15) is 15.2 Å². The highest BCUT2D eigenvalue weighted by Gasteiger charge is 2.14. The number of hydrogen-bond donors (Lipinski definition) is 2. The monoisotopic (exact) mass is 324 g/mol. The number of benzene rings is 2. The first-order chi connectivity index (χ1) is 11.6. The molecule has 0 aliphatic rings. The van der Waals surface area contributed by atoms with E-state index in [-0.39, 0.29) is 11.4 Å². The molecular weight excluding hydrogens is 308 g/mol. The number of nitro benzene ring substituents is 1. The van der Waals surface area contributed by atoms with Crippen LogP contribution in [0.3, 0.4) is 0 Å². The Bertz CT molecular complexity index is 846. The van der Waals surface area contributed by atoms with Gasteiger partial charge in [0, 0.05) is 18.3 Å². The van der Waals surface area contributed by atoms with Crippen LogP contribution in [0.5, 0.6) is 5.75 Å². The maximum absolute atomic E-state index is 11.0. The SMILES string of the molecule is O=[N+]([O-])c1cc(O)ccc1NCc1cnn(Cc2ccccc2)c1. The van der Waals surface area contributed by atoms with Crippen molar-refractivity contribution in [2.75, 3.05) is 5.32 Å². The van der Waals surface area contributed by atoms with Crippen LogP contribution in [0, 0.1) is 10.1 Å². The number of anilines is 1. The van der Waals surface area contributed by atoms with Crippen molar-refractivity contribution in [3.63, 3.8) is 0 Å². The third kappa shape index (κ3) is 3.70. The Kier molecular flexibility index (Phi) is 4.42. The molecule has 0 saturated heterocycles. The van der Waals surface area contributed by atoms with Gasteiger partial charge in [-0.2, -0.15) is 5.10 Å². The van der Waals surface area contributed by atoms with E-state index in [4.69, 9.17) is 0 Å². The summed E-state index contributed by atoms with van der Waals surface area (Å²) in [7, 11) is 0. The van der Waals surface area contributed by atoms with Crippen LogP contribution in [0.4, 0.5) is 11.4 Å². The molecule has 1 heterocycles. The maximum atomic E-state index is 11.0. The maximum Gasteiger partial charge on any atom is 0.296 e. The van der Waals surface area contributed by atoms with Crippen LogP contribution in [0.15, 0.2) is 60.9 Å². The smallest absolute Gasteiger partial charge is 0.296 e.